The molecular formula is C20H23ClFNO3. The SMILES string of the molecule is CCOC(=O)C(CO)CC(N)Cc1ccc(-c2cc(Cl)ccc2F)cc1. The maximum atomic E-state index is 13.9. The lowest BCUT2D eigenvalue weighted by molar-refractivity contribution is -0.149. The van der Waals surface area contributed by atoms with Gasteiger partial charge in [-0.1, -0.05) is 35.9 Å². The fourth-order valence-corrected chi connectivity index (χ4v) is 2.97. The fourth-order valence-electron chi connectivity index (χ4n) is 2.80. The minimum Gasteiger partial charge on any atom is -0.466 e. The van der Waals surface area contributed by atoms with E-state index in [0.717, 1.165) is 11.1 Å². The van der Waals surface area contributed by atoms with E-state index in [-0.39, 0.29) is 25.1 Å². The third kappa shape index (κ3) is 5.53. The number of aliphatic hydroxyl groups is 1. The molecule has 4 nitrogen and oxygen atoms in total. The van der Waals surface area contributed by atoms with Crippen molar-refractivity contribution < 1.29 is 19.0 Å². The van der Waals surface area contributed by atoms with Crippen LogP contribution in [0.15, 0.2) is 42.5 Å². The standard InChI is InChI=1S/C20H23ClFNO3/c1-2-26-20(25)15(12-24)10-17(23)9-13-3-5-14(6-4-13)18-11-16(21)7-8-19(18)22/h3-8,11,15,17,24H,2,9-10,12,23H2,1H3. The van der Waals surface area contributed by atoms with Crippen LogP contribution in [-0.4, -0.2) is 30.3 Å². The minimum atomic E-state index is -0.621. The van der Waals surface area contributed by atoms with Gasteiger partial charge in [-0.3, -0.25) is 4.79 Å². The molecule has 0 aliphatic heterocycles. The van der Waals surface area contributed by atoms with Crippen molar-refractivity contribution in [1.82, 2.24) is 0 Å². The summed E-state index contributed by atoms with van der Waals surface area (Å²) in [5.41, 5.74) is 8.24. The maximum Gasteiger partial charge on any atom is 0.311 e. The molecule has 0 saturated carbocycles. The van der Waals surface area contributed by atoms with E-state index in [1.165, 1.54) is 12.1 Å². The zero-order chi connectivity index (χ0) is 19.1. The number of hydrogen-bond donors (Lipinski definition) is 2. The van der Waals surface area contributed by atoms with Gasteiger partial charge >= 0.3 is 5.97 Å². The molecule has 26 heavy (non-hydrogen) atoms. The zero-order valence-corrected chi connectivity index (χ0v) is 15.4. The van der Waals surface area contributed by atoms with Gasteiger partial charge in [-0.25, -0.2) is 4.39 Å². The van der Waals surface area contributed by atoms with Crippen molar-refractivity contribution in [3.63, 3.8) is 0 Å². The van der Waals surface area contributed by atoms with Gasteiger partial charge in [0.15, 0.2) is 0 Å². The number of halogens is 2. The topological polar surface area (TPSA) is 72.5 Å². The van der Waals surface area contributed by atoms with Gasteiger partial charge in [0.25, 0.3) is 0 Å². The van der Waals surface area contributed by atoms with Crippen LogP contribution in [0.5, 0.6) is 0 Å². The van der Waals surface area contributed by atoms with E-state index in [1.54, 1.807) is 13.0 Å². The summed E-state index contributed by atoms with van der Waals surface area (Å²) in [5, 5.41) is 9.82. The van der Waals surface area contributed by atoms with Crippen LogP contribution in [0.1, 0.15) is 18.9 Å². The van der Waals surface area contributed by atoms with Gasteiger partial charge in [0.1, 0.15) is 5.82 Å². The molecule has 0 spiro atoms. The Balaban J connectivity index is 2.02. The lowest BCUT2D eigenvalue weighted by atomic mass is 9.95. The lowest BCUT2D eigenvalue weighted by Gasteiger charge is -2.18. The van der Waals surface area contributed by atoms with Crippen LogP contribution in [0.4, 0.5) is 4.39 Å². The predicted octanol–water partition coefficient (Wildman–Crippen LogP) is 3.58. The average molecular weight is 380 g/mol. The normalized spacial score (nSPS) is 13.3. The molecular weight excluding hydrogens is 357 g/mol. The molecule has 2 unspecified atom stereocenters. The predicted molar refractivity (Wildman–Crippen MR) is 100 cm³/mol. The molecule has 0 amide bonds. The van der Waals surface area contributed by atoms with Gasteiger partial charge in [-0.2, -0.15) is 0 Å². The van der Waals surface area contributed by atoms with Crippen molar-refractivity contribution in [2.75, 3.05) is 13.2 Å². The molecule has 0 saturated heterocycles. The third-order valence-electron chi connectivity index (χ3n) is 4.12. The number of hydrogen-bond acceptors (Lipinski definition) is 4. The number of benzene rings is 2. The van der Waals surface area contributed by atoms with Crippen molar-refractivity contribution in [3.8, 4) is 11.1 Å². The summed E-state index contributed by atoms with van der Waals surface area (Å²) in [6.07, 6.45) is 0.869. The second-order valence-corrected chi connectivity index (χ2v) is 6.59. The van der Waals surface area contributed by atoms with Crippen molar-refractivity contribution in [3.05, 3.63) is 58.9 Å². The Bertz CT molecular complexity index is 736. The highest BCUT2D eigenvalue weighted by molar-refractivity contribution is 6.30. The summed E-state index contributed by atoms with van der Waals surface area (Å²) >= 11 is 5.94. The first-order valence-electron chi connectivity index (χ1n) is 8.52. The number of carbonyl (C=O) groups excluding carboxylic acids is 1. The second kappa shape index (κ2) is 9.67. The molecule has 0 heterocycles. The smallest absolute Gasteiger partial charge is 0.311 e. The molecule has 2 rings (SSSR count). The Morgan fingerprint density at radius 3 is 2.58 bits per heavy atom. The van der Waals surface area contributed by atoms with Crippen LogP contribution in [0.2, 0.25) is 5.02 Å². The second-order valence-electron chi connectivity index (χ2n) is 6.15. The first-order chi connectivity index (χ1) is 12.4. The average Bonchev–Trinajstić information content (AvgIpc) is 2.62. The number of esters is 1. The Hall–Kier alpha value is -1.95. The largest absolute Gasteiger partial charge is 0.466 e. The Labute approximate surface area is 157 Å². The summed E-state index contributed by atoms with van der Waals surface area (Å²) in [7, 11) is 0. The molecule has 140 valence electrons. The van der Waals surface area contributed by atoms with Gasteiger partial charge in [0.05, 0.1) is 19.1 Å². The zero-order valence-electron chi connectivity index (χ0n) is 14.6. The summed E-state index contributed by atoms with van der Waals surface area (Å²) in [5.74, 6) is -1.39. The molecule has 0 aromatic heterocycles. The van der Waals surface area contributed by atoms with E-state index in [1.807, 2.05) is 24.3 Å². The summed E-state index contributed by atoms with van der Waals surface area (Å²) in [4.78, 5) is 11.7. The number of aliphatic hydroxyl groups excluding tert-OH is 1. The van der Waals surface area contributed by atoms with Crippen molar-refractivity contribution in [2.24, 2.45) is 11.7 Å². The molecule has 0 radical (unpaired) electrons. The van der Waals surface area contributed by atoms with E-state index < -0.39 is 11.9 Å². The Morgan fingerprint density at radius 1 is 1.27 bits per heavy atom. The highest BCUT2D eigenvalue weighted by Crippen LogP contribution is 2.26. The van der Waals surface area contributed by atoms with E-state index in [4.69, 9.17) is 22.1 Å². The van der Waals surface area contributed by atoms with Crippen LogP contribution < -0.4 is 5.73 Å². The van der Waals surface area contributed by atoms with E-state index in [2.05, 4.69) is 0 Å². The molecule has 3 N–H and O–H groups in total. The van der Waals surface area contributed by atoms with E-state index in [0.29, 0.717) is 23.4 Å². The van der Waals surface area contributed by atoms with Crippen LogP contribution >= 0.6 is 11.6 Å². The molecule has 2 atom stereocenters. The van der Waals surface area contributed by atoms with Crippen molar-refractivity contribution in [1.29, 1.82) is 0 Å². The number of ether oxygens (including phenoxy) is 1. The summed E-state index contributed by atoms with van der Waals surface area (Å²) < 4.78 is 18.9. The summed E-state index contributed by atoms with van der Waals surface area (Å²) in [6.45, 7) is 1.70. The molecule has 2 aromatic carbocycles. The molecule has 0 fully saturated rings. The molecule has 0 aliphatic rings. The van der Waals surface area contributed by atoms with Gasteiger partial charge in [0, 0.05) is 16.6 Å². The third-order valence-corrected chi connectivity index (χ3v) is 4.35. The maximum absolute atomic E-state index is 13.9. The fraction of sp³-hybridized carbons (Fsp3) is 0.350. The molecule has 6 heteroatoms. The van der Waals surface area contributed by atoms with Crippen molar-refractivity contribution >= 4 is 17.6 Å². The van der Waals surface area contributed by atoms with Crippen LogP contribution in [0.25, 0.3) is 11.1 Å². The first kappa shape index (κ1) is 20.4. The number of rotatable bonds is 8. The van der Waals surface area contributed by atoms with Crippen LogP contribution in [-0.2, 0) is 16.0 Å². The molecule has 0 bridgehead atoms. The Morgan fingerprint density at radius 2 is 1.96 bits per heavy atom. The first-order valence-corrected chi connectivity index (χ1v) is 8.89. The Kier molecular flexibility index (Phi) is 7.57. The monoisotopic (exact) mass is 379 g/mol. The van der Waals surface area contributed by atoms with Crippen LogP contribution in [0.3, 0.4) is 0 Å². The lowest BCUT2D eigenvalue weighted by Crippen LogP contribution is -2.32. The minimum absolute atomic E-state index is 0.270. The number of nitrogens with two attached hydrogens (primary N) is 1. The highest BCUT2D eigenvalue weighted by atomic mass is 35.5. The van der Waals surface area contributed by atoms with Gasteiger partial charge < -0.3 is 15.6 Å². The highest BCUT2D eigenvalue weighted by Gasteiger charge is 2.22. The molecule has 2 aromatic rings. The van der Waals surface area contributed by atoms with E-state index >= 15 is 0 Å². The van der Waals surface area contributed by atoms with Gasteiger partial charge in [-0.05, 0) is 49.1 Å². The van der Waals surface area contributed by atoms with Gasteiger partial charge in [0.2, 0.25) is 0 Å². The number of carbonyl (C=O) groups is 1. The van der Waals surface area contributed by atoms with E-state index in [9.17, 15) is 14.3 Å². The quantitative estimate of drug-likeness (QED) is 0.687. The molecule has 0 aliphatic carbocycles. The van der Waals surface area contributed by atoms with Gasteiger partial charge in [-0.15, -0.1) is 0 Å². The van der Waals surface area contributed by atoms with Crippen LogP contribution in [0, 0.1) is 11.7 Å². The van der Waals surface area contributed by atoms with Crippen molar-refractivity contribution in [2.45, 2.75) is 25.8 Å². The summed E-state index contributed by atoms with van der Waals surface area (Å²) in [6, 6.07) is 11.5.